The molecule has 0 spiro atoms. The molecular formula is C16H26N2O3S. The molecule has 1 heterocycles. The lowest BCUT2D eigenvalue weighted by molar-refractivity contribution is 0.0566. The zero-order valence-electron chi connectivity index (χ0n) is 13.6. The van der Waals surface area contributed by atoms with E-state index in [1.54, 1.807) is 12.5 Å². The molecule has 1 fully saturated rings. The van der Waals surface area contributed by atoms with Crippen molar-refractivity contribution in [3.05, 3.63) is 16.1 Å². The molecule has 0 aromatic carbocycles. The fourth-order valence-electron chi connectivity index (χ4n) is 3.49. The quantitative estimate of drug-likeness (QED) is 0.808. The number of rotatable bonds is 7. The number of aliphatic hydroxyl groups excluding tert-OH is 1. The van der Waals surface area contributed by atoms with E-state index in [2.05, 4.69) is 24.1 Å². The van der Waals surface area contributed by atoms with Gasteiger partial charge in [-0.25, -0.2) is 4.98 Å². The van der Waals surface area contributed by atoms with Crippen molar-refractivity contribution >= 4 is 17.2 Å². The molecule has 2 rings (SSSR count). The zero-order chi connectivity index (χ0) is 16.2. The molecule has 1 aliphatic rings. The maximum atomic E-state index is 12.5. The van der Waals surface area contributed by atoms with Crippen molar-refractivity contribution < 1.29 is 14.6 Å². The number of ether oxygens (including phenoxy) is 1. The molecule has 1 saturated carbocycles. The summed E-state index contributed by atoms with van der Waals surface area (Å²) < 4.78 is 5.04. The standard InChI is InChI=1S/C16H26N2O3S/c1-11(2)14(16(10-19)6-4-5-7-16)18-15(20)12-9-22-13(17-12)8-21-3/h9,11,14,19H,4-8,10H2,1-3H3,(H,18,20). The van der Waals surface area contributed by atoms with E-state index < -0.39 is 0 Å². The van der Waals surface area contributed by atoms with Crippen LogP contribution in [-0.4, -0.2) is 35.8 Å². The van der Waals surface area contributed by atoms with Crippen molar-refractivity contribution in [1.29, 1.82) is 0 Å². The molecule has 1 aromatic heterocycles. The van der Waals surface area contributed by atoms with Crippen molar-refractivity contribution in [3.63, 3.8) is 0 Å². The lowest BCUT2D eigenvalue weighted by Crippen LogP contribution is -2.51. The minimum absolute atomic E-state index is 0.0277. The van der Waals surface area contributed by atoms with Gasteiger partial charge < -0.3 is 15.2 Å². The Morgan fingerprint density at radius 2 is 2.18 bits per heavy atom. The third-order valence-corrected chi connectivity index (χ3v) is 5.40. The molecule has 6 heteroatoms. The summed E-state index contributed by atoms with van der Waals surface area (Å²) in [5.41, 5.74) is 0.253. The van der Waals surface area contributed by atoms with Crippen LogP contribution in [0.15, 0.2) is 5.38 Å². The SMILES string of the molecule is COCc1nc(C(=O)NC(C(C)C)C2(CO)CCCC2)cs1. The van der Waals surface area contributed by atoms with Crippen molar-refractivity contribution in [3.8, 4) is 0 Å². The van der Waals surface area contributed by atoms with E-state index in [9.17, 15) is 9.90 Å². The number of carbonyl (C=O) groups is 1. The number of aromatic nitrogens is 1. The number of carbonyl (C=O) groups excluding carboxylic acids is 1. The number of methoxy groups -OCH3 is 1. The van der Waals surface area contributed by atoms with Gasteiger partial charge in [-0.15, -0.1) is 11.3 Å². The molecule has 1 amide bonds. The molecule has 0 radical (unpaired) electrons. The van der Waals surface area contributed by atoms with Crippen molar-refractivity contribution in [2.75, 3.05) is 13.7 Å². The number of hydrogen-bond donors (Lipinski definition) is 2. The van der Waals surface area contributed by atoms with E-state index in [1.165, 1.54) is 11.3 Å². The van der Waals surface area contributed by atoms with Crippen LogP contribution in [0.5, 0.6) is 0 Å². The van der Waals surface area contributed by atoms with E-state index in [0.717, 1.165) is 30.7 Å². The Morgan fingerprint density at radius 3 is 2.73 bits per heavy atom. The first-order valence-corrected chi connectivity index (χ1v) is 8.75. The number of nitrogens with one attached hydrogen (secondary N) is 1. The van der Waals surface area contributed by atoms with Crippen molar-refractivity contribution in [1.82, 2.24) is 10.3 Å². The van der Waals surface area contributed by atoms with Crippen LogP contribution in [0.4, 0.5) is 0 Å². The van der Waals surface area contributed by atoms with Gasteiger partial charge >= 0.3 is 0 Å². The first-order valence-electron chi connectivity index (χ1n) is 7.87. The molecule has 1 aliphatic carbocycles. The molecule has 1 unspecified atom stereocenters. The van der Waals surface area contributed by atoms with Crippen molar-refractivity contribution in [2.24, 2.45) is 11.3 Å². The van der Waals surface area contributed by atoms with Crippen LogP contribution >= 0.6 is 11.3 Å². The number of aliphatic hydroxyl groups is 1. The highest BCUT2D eigenvalue weighted by atomic mass is 32.1. The predicted octanol–water partition coefficient (Wildman–Crippen LogP) is 2.60. The summed E-state index contributed by atoms with van der Waals surface area (Å²) in [6.45, 7) is 4.74. The minimum atomic E-state index is -0.185. The normalized spacial score (nSPS) is 18.6. The molecule has 0 bridgehead atoms. The molecule has 5 nitrogen and oxygen atoms in total. The highest BCUT2D eigenvalue weighted by Gasteiger charge is 2.43. The lowest BCUT2D eigenvalue weighted by Gasteiger charge is -2.39. The summed E-state index contributed by atoms with van der Waals surface area (Å²) in [6, 6.07) is -0.0277. The number of hydrogen-bond acceptors (Lipinski definition) is 5. The van der Waals surface area contributed by atoms with Crippen molar-refractivity contribution in [2.45, 2.75) is 52.2 Å². The van der Waals surface area contributed by atoms with Gasteiger partial charge in [-0.2, -0.15) is 0 Å². The molecule has 0 saturated heterocycles. The Kier molecular flexibility index (Phi) is 5.94. The Hall–Kier alpha value is -0.980. The largest absolute Gasteiger partial charge is 0.396 e. The number of nitrogens with zero attached hydrogens (tertiary/aromatic N) is 1. The smallest absolute Gasteiger partial charge is 0.271 e. The summed E-state index contributed by atoms with van der Waals surface area (Å²) in [6.07, 6.45) is 4.18. The van der Waals surface area contributed by atoms with E-state index in [1.807, 2.05) is 0 Å². The summed E-state index contributed by atoms with van der Waals surface area (Å²) in [4.78, 5) is 16.8. The number of thiazole rings is 1. The van der Waals surface area contributed by atoms with Crippen LogP contribution in [-0.2, 0) is 11.3 Å². The number of amides is 1. The van der Waals surface area contributed by atoms with Crippen LogP contribution in [0.3, 0.4) is 0 Å². The van der Waals surface area contributed by atoms with Gasteiger partial charge in [0.25, 0.3) is 5.91 Å². The van der Waals surface area contributed by atoms with Crippen LogP contribution in [0.1, 0.15) is 55.0 Å². The summed E-state index contributed by atoms with van der Waals surface area (Å²) in [5.74, 6) is 0.114. The second-order valence-corrected chi connectivity index (χ2v) is 7.42. The van der Waals surface area contributed by atoms with Gasteiger partial charge in [-0.3, -0.25) is 4.79 Å². The molecule has 22 heavy (non-hydrogen) atoms. The molecule has 0 aliphatic heterocycles. The first-order chi connectivity index (χ1) is 10.5. The fraction of sp³-hybridized carbons (Fsp3) is 0.750. The van der Waals surface area contributed by atoms with Gasteiger partial charge in [-0.05, 0) is 18.8 Å². The van der Waals surface area contributed by atoms with E-state index >= 15 is 0 Å². The van der Waals surface area contributed by atoms with Crippen LogP contribution < -0.4 is 5.32 Å². The monoisotopic (exact) mass is 326 g/mol. The highest BCUT2D eigenvalue weighted by Crippen LogP contribution is 2.43. The second-order valence-electron chi connectivity index (χ2n) is 6.48. The summed E-state index contributed by atoms with van der Waals surface area (Å²) >= 11 is 1.43. The van der Waals surface area contributed by atoms with E-state index in [0.29, 0.717) is 12.3 Å². The van der Waals surface area contributed by atoms with Crippen LogP contribution in [0, 0.1) is 11.3 Å². The third kappa shape index (κ3) is 3.67. The maximum absolute atomic E-state index is 12.5. The third-order valence-electron chi connectivity index (χ3n) is 4.58. The molecular weight excluding hydrogens is 300 g/mol. The molecule has 1 atom stereocenters. The van der Waals surface area contributed by atoms with Gasteiger partial charge in [0.05, 0.1) is 13.2 Å². The second kappa shape index (κ2) is 7.53. The van der Waals surface area contributed by atoms with E-state index in [4.69, 9.17) is 4.74 Å². The maximum Gasteiger partial charge on any atom is 0.271 e. The van der Waals surface area contributed by atoms with Gasteiger partial charge in [0.15, 0.2) is 0 Å². The predicted molar refractivity (Wildman–Crippen MR) is 86.9 cm³/mol. The minimum Gasteiger partial charge on any atom is -0.396 e. The summed E-state index contributed by atoms with van der Waals surface area (Å²) in [5, 5.41) is 15.6. The Balaban J connectivity index is 2.11. The van der Waals surface area contributed by atoms with Crippen LogP contribution in [0.2, 0.25) is 0 Å². The average molecular weight is 326 g/mol. The highest BCUT2D eigenvalue weighted by molar-refractivity contribution is 7.09. The van der Waals surface area contributed by atoms with Crippen LogP contribution in [0.25, 0.3) is 0 Å². The summed E-state index contributed by atoms with van der Waals surface area (Å²) in [7, 11) is 1.61. The zero-order valence-corrected chi connectivity index (χ0v) is 14.4. The Bertz CT molecular complexity index is 495. The molecule has 124 valence electrons. The molecule has 2 N–H and O–H groups in total. The van der Waals surface area contributed by atoms with Gasteiger partial charge in [0, 0.05) is 23.9 Å². The van der Waals surface area contributed by atoms with Gasteiger partial charge in [-0.1, -0.05) is 26.7 Å². The van der Waals surface area contributed by atoms with Gasteiger partial charge in [0.1, 0.15) is 10.7 Å². The fourth-order valence-corrected chi connectivity index (χ4v) is 4.24. The molecule has 1 aromatic rings. The first kappa shape index (κ1) is 17.4. The lowest BCUT2D eigenvalue weighted by atomic mass is 9.74. The van der Waals surface area contributed by atoms with Gasteiger partial charge in [0.2, 0.25) is 0 Å². The van der Waals surface area contributed by atoms with E-state index in [-0.39, 0.29) is 29.9 Å². The Morgan fingerprint density at radius 1 is 1.50 bits per heavy atom. The average Bonchev–Trinajstić information content (AvgIpc) is 3.14. The topological polar surface area (TPSA) is 71.5 Å². The Labute approximate surface area is 136 Å².